The summed E-state index contributed by atoms with van der Waals surface area (Å²) < 4.78 is 4.95. The van der Waals surface area contributed by atoms with Crippen molar-refractivity contribution in [1.82, 2.24) is 9.97 Å². The second kappa shape index (κ2) is 5.29. The Kier molecular flexibility index (Phi) is 4.04. The van der Waals surface area contributed by atoms with E-state index in [9.17, 15) is 4.79 Å². The predicted octanol–water partition coefficient (Wildman–Crippen LogP) is 0.785. The first-order valence-electron chi connectivity index (χ1n) is 4.91. The van der Waals surface area contributed by atoms with Gasteiger partial charge in [0, 0.05) is 13.1 Å². The van der Waals surface area contributed by atoms with Gasteiger partial charge in [-0.05, 0) is 6.42 Å². The van der Waals surface area contributed by atoms with Gasteiger partial charge in [-0.1, -0.05) is 6.92 Å². The molecular weight excluding hydrogens is 210 g/mol. The first-order chi connectivity index (χ1) is 7.60. The summed E-state index contributed by atoms with van der Waals surface area (Å²) in [5.41, 5.74) is 0. The van der Waals surface area contributed by atoms with Gasteiger partial charge in [-0.2, -0.15) is 0 Å². The maximum absolute atomic E-state index is 11.0. The molecule has 1 heterocycles. The fourth-order valence-electron chi connectivity index (χ4n) is 1.41. The second-order valence-electron chi connectivity index (χ2n) is 3.29. The Morgan fingerprint density at radius 2 is 2.31 bits per heavy atom. The molecule has 0 aromatic carbocycles. The minimum Gasteiger partial charge on any atom is -0.481 e. The highest BCUT2D eigenvalue weighted by atomic mass is 16.5. The van der Waals surface area contributed by atoms with E-state index in [1.807, 2.05) is 6.92 Å². The van der Waals surface area contributed by atoms with Crippen molar-refractivity contribution in [3.05, 3.63) is 12.4 Å². The summed E-state index contributed by atoms with van der Waals surface area (Å²) >= 11 is 0. The zero-order chi connectivity index (χ0) is 12.1. The molecular formula is C10H15N3O3. The standard InChI is InChI=1S/C10H15N3O3/c1-4-7(10(14)15)13(2)8-5-9(16-3)12-6-11-8/h5-7H,4H2,1-3H3,(H,14,15). The third kappa shape index (κ3) is 2.59. The number of nitrogens with zero attached hydrogens (tertiary/aromatic N) is 3. The Labute approximate surface area is 93.9 Å². The minimum absolute atomic E-state index is 0.414. The van der Waals surface area contributed by atoms with E-state index in [0.717, 1.165) is 0 Å². The van der Waals surface area contributed by atoms with Crippen LogP contribution in [0.5, 0.6) is 5.88 Å². The molecule has 0 aliphatic carbocycles. The third-order valence-corrected chi connectivity index (χ3v) is 2.34. The van der Waals surface area contributed by atoms with Crippen LogP contribution in [0.3, 0.4) is 0 Å². The number of carboxylic acids is 1. The average molecular weight is 225 g/mol. The van der Waals surface area contributed by atoms with Crippen LogP contribution in [0, 0.1) is 0 Å². The zero-order valence-corrected chi connectivity index (χ0v) is 9.54. The minimum atomic E-state index is -0.873. The van der Waals surface area contributed by atoms with Crippen molar-refractivity contribution in [2.45, 2.75) is 19.4 Å². The van der Waals surface area contributed by atoms with Gasteiger partial charge in [0.1, 0.15) is 18.2 Å². The fraction of sp³-hybridized carbons (Fsp3) is 0.500. The van der Waals surface area contributed by atoms with Crippen molar-refractivity contribution in [2.75, 3.05) is 19.1 Å². The number of hydrogen-bond donors (Lipinski definition) is 1. The zero-order valence-electron chi connectivity index (χ0n) is 9.54. The van der Waals surface area contributed by atoms with Crippen LogP contribution in [0.4, 0.5) is 5.82 Å². The summed E-state index contributed by atoms with van der Waals surface area (Å²) in [6, 6.07) is 1.01. The van der Waals surface area contributed by atoms with Crippen LogP contribution in [-0.2, 0) is 4.79 Å². The molecule has 0 saturated heterocycles. The highest BCUT2D eigenvalue weighted by Gasteiger charge is 2.21. The van der Waals surface area contributed by atoms with Crippen LogP contribution in [0.2, 0.25) is 0 Å². The lowest BCUT2D eigenvalue weighted by Gasteiger charge is -2.24. The molecule has 1 aromatic heterocycles. The third-order valence-electron chi connectivity index (χ3n) is 2.34. The van der Waals surface area contributed by atoms with Crippen LogP contribution in [0.15, 0.2) is 12.4 Å². The molecule has 0 saturated carbocycles. The fourth-order valence-corrected chi connectivity index (χ4v) is 1.41. The average Bonchev–Trinajstić information content (AvgIpc) is 2.29. The van der Waals surface area contributed by atoms with E-state index >= 15 is 0 Å². The number of hydrogen-bond acceptors (Lipinski definition) is 5. The van der Waals surface area contributed by atoms with E-state index in [2.05, 4.69) is 9.97 Å². The Balaban J connectivity index is 2.93. The number of anilines is 1. The van der Waals surface area contributed by atoms with Gasteiger partial charge >= 0.3 is 5.97 Å². The molecule has 1 N–H and O–H groups in total. The maximum Gasteiger partial charge on any atom is 0.326 e. The topological polar surface area (TPSA) is 75.5 Å². The van der Waals surface area contributed by atoms with Crippen molar-refractivity contribution < 1.29 is 14.6 Å². The number of methoxy groups -OCH3 is 1. The van der Waals surface area contributed by atoms with E-state index in [0.29, 0.717) is 18.1 Å². The van der Waals surface area contributed by atoms with Crippen LogP contribution in [-0.4, -0.2) is 41.2 Å². The summed E-state index contributed by atoms with van der Waals surface area (Å²) in [6.07, 6.45) is 1.84. The summed E-state index contributed by atoms with van der Waals surface area (Å²) in [5.74, 6) is 0.0702. The van der Waals surface area contributed by atoms with Gasteiger partial charge in [0.15, 0.2) is 0 Å². The Bertz CT molecular complexity index is 370. The van der Waals surface area contributed by atoms with E-state index in [1.54, 1.807) is 18.0 Å². The van der Waals surface area contributed by atoms with Gasteiger partial charge in [-0.3, -0.25) is 0 Å². The molecule has 1 unspecified atom stereocenters. The summed E-state index contributed by atoms with van der Waals surface area (Å²) in [5, 5.41) is 9.02. The first kappa shape index (κ1) is 12.2. The highest BCUT2D eigenvalue weighted by Crippen LogP contribution is 2.17. The van der Waals surface area contributed by atoms with Gasteiger partial charge in [0.25, 0.3) is 0 Å². The molecule has 0 aliphatic rings. The predicted molar refractivity (Wildman–Crippen MR) is 58.7 cm³/mol. The normalized spacial score (nSPS) is 11.9. The molecule has 1 aromatic rings. The lowest BCUT2D eigenvalue weighted by molar-refractivity contribution is -0.138. The van der Waals surface area contributed by atoms with Crippen LogP contribution < -0.4 is 9.64 Å². The van der Waals surface area contributed by atoms with Crippen molar-refractivity contribution in [1.29, 1.82) is 0 Å². The number of ether oxygens (including phenoxy) is 1. The number of likely N-dealkylation sites (N-methyl/N-ethyl adjacent to an activating group) is 1. The molecule has 6 nitrogen and oxygen atoms in total. The van der Waals surface area contributed by atoms with Crippen molar-refractivity contribution in [2.24, 2.45) is 0 Å². The van der Waals surface area contributed by atoms with Crippen LogP contribution in [0.25, 0.3) is 0 Å². The molecule has 1 atom stereocenters. The van der Waals surface area contributed by atoms with Crippen molar-refractivity contribution in [3.63, 3.8) is 0 Å². The quantitative estimate of drug-likeness (QED) is 0.798. The van der Waals surface area contributed by atoms with Crippen LogP contribution >= 0.6 is 0 Å². The largest absolute Gasteiger partial charge is 0.481 e. The SMILES string of the molecule is CCC(C(=O)O)N(C)c1cc(OC)ncn1. The molecule has 0 bridgehead atoms. The molecule has 0 spiro atoms. The van der Waals surface area contributed by atoms with E-state index < -0.39 is 12.0 Å². The van der Waals surface area contributed by atoms with Gasteiger partial charge in [-0.15, -0.1) is 0 Å². The lowest BCUT2D eigenvalue weighted by Crippen LogP contribution is -2.38. The first-order valence-corrected chi connectivity index (χ1v) is 4.91. The molecule has 0 radical (unpaired) electrons. The molecule has 1 rings (SSSR count). The molecule has 16 heavy (non-hydrogen) atoms. The van der Waals surface area contributed by atoms with E-state index in [-0.39, 0.29) is 0 Å². The summed E-state index contributed by atoms with van der Waals surface area (Å²) in [6.45, 7) is 1.81. The van der Waals surface area contributed by atoms with Gasteiger partial charge in [0.2, 0.25) is 5.88 Å². The molecule has 0 fully saturated rings. The monoisotopic (exact) mass is 225 g/mol. The number of carbonyl (C=O) groups is 1. The lowest BCUT2D eigenvalue weighted by atomic mass is 10.2. The van der Waals surface area contributed by atoms with Crippen molar-refractivity contribution in [3.8, 4) is 5.88 Å². The van der Waals surface area contributed by atoms with Gasteiger partial charge < -0.3 is 14.7 Å². The number of carboxylic acid groups (broad SMARTS) is 1. The molecule has 0 aliphatic heterocycles. The number of aliphatic carboxylic acids is 1. The highest BCUT2D eigenvalue weighted by molar-refractivity contribution is 5.77. The van der Waals surface area contributed by atoms with E-state index in [1.165, 1.54) is 13.4 Å². The molecule has 88 valence electrons. The van der Waals surface area contributed by atoms with Gasteiger partial charge in [-0.25, -0.2) is 14.8 Å². The Morgan fingerprint density at radius 3 is 2.81 bits per heavy atom. The van der Waals surface area contributed by atoms with Crippen LogP contribution in [0.1, 0.15) is 13.3 Å². The van der Waals surface area contributed by atoms with Crippen molar-refractivity contribution >= 4 is 11.8 Å². The molecule has 6 heteroatoms. The Morgan fingerprint density at radius 1 is 1.62 bits per heavy atom. The van der Waals surface area contributed by atoms with Gasteiger partial charge in [0.05, 0.1) is 7.11 Å². The second-order valence-corrected chi connectivity index (χ2v) is 3.29. The number of aromatic nitrogens is 2. The summed E-state index contributed by atoms with van der Waals surface area (Å²) in [7, 11) is 3.19. The smallest absolute Gasteiger partial charge is 0.326 e. The summed E-state index contributed by atoms with van der Waals surface area (Å²) in [4.78, 5) is 20.4. The molecule has 0 amide bonds. The Hall–Kier alpha value is -1.85. The number of rotatable bonds is 5. The maximum atomic E-state index is 11.0. The van der Waals surface area contributed by atoms with E-state index in [4.69, 9.17) is 9.84 Å².